The molecule has 0 spiro atoms. The molecule has 112 valence electrons. The van der Waals surface area contributed by atoms with E-state index in [1.54, 1.807) is 0 Å². The Bertz CT molecular complexity index is 276. The van der Waals surface area contributed by atoms with Gasteiger partial charge < -0.3 is 5.11 Å². The van der Waals surface area contributed by atoms with E-state index < -0.39 is 0 Å². The standard InChI is InChI=1S/C17H33NO/c1-4-6-14-7-5-11-18(12-9-14)15-13-17(2,3)10-8-16(15)19/h14-16,19H,4-13H2,1-3H3. The zero-order chi connectivity index (χ0) is 13.9. The fraction of sp³-hybridized carbons (Fsp3) is 1.00. The molecule has 1 saturated heterocycles. The average Bonchev–Trinajstić information content (AvgIpc) is 2.59. The molecule has 0 bridgehead atoms. The van der Waals surface area contributed by atoms with Gasteiger partial charge in [-0.2, -0.15) is 0 Å². The largest absolute Gasteiger partial charge is 0.391 e. The summed E-state index contributed by atoms with van der Waals surface area (Å²) in [5.41, 5.74) is 0.416. The van der Waals surface area contributed by atoms with Crippen molar-refractivity contribution in [3.05, 3.63) is 0 Å². The first-order valence-electron chi connectivity index (χ1n) is 8.44. The highest BCUT2D eigenvalue weighted by atomic mass is 16.3. The Morgan fingerprint density at radius 3 is 2.68 bits per heavy atom. The van der Waals surface area contributed by atoms with Crippen molar-refractivity contribution in [1.82, 2.24) is 4.90 Å². The summed E-state index contributed by atoms with van der Waals surface area (Å²) in [6, 6.07) is 0.420. The van der Waals surface area contributed by atoms with Crippen molar-refractivity contribution in [2.45, 2.75) is 84.3 Å². The molecule has 1 heterocycles. The minimum Gasteiger partial charge on any atom is -0.391 e. The summed E-state index contributed by atoms with van der Waals surface area (Å²) in [7, 11) is 0. The van der Waals surface area contributed by atoms with Crippen molar-refractivity contribution < 1.29 is 5.11 Å². The fourth-order valence-corrected chi connectivity index (χ4v) is 4.12. The van der Waals surface area contributed by atoms with Crippen molar-refractivity contribution in [3.63, 3.8) is 0 Å². The third-order valence-electron chi connectivity index (χ3n) is 5.37. The lowest BCUT2D eigenvalue weighted by atomic mass is 9.73. The Labute approximate surface area is 119 Å². The molecule has 3 atom stereocenters. The van der Waals surface area contributed by atoms with Gasteiger partial charge in [0.1, 0.15) is 0 Å². The summed E-state index contributed by atoms with van der Waals surface area (Å²) >= 11 is 0. The van der Waals surface area contributed by atoms with Crippen molar-refractivity contribution >= 4 is 0 Å². The van der Waals surface area contributed by atoms with Crippen LogP contribution >= 0.6 is 0 Å². The van der Waals surface area contributed by atoms with E-state index in [0.717, 1.165) is 12.3 Å². The third kappa shape index (κ3) is 4.19. The lowest BCUT2D eigenvalue weighted by molar-refractivity contribution is -0.0163. The van der Waals surface area contributed by atoms with Gasteiger partial charge in [0.15, 0.2) is 0 Å². The molecule has 2 nitrogen and oxygen atoms in total. The summed E-state index contributed by atoms with van der Waals surface area (Å²) in [6.07, 6.45) is 10.0. The van der Waals surface area contributed by atoms with Crippen LogP contribution in [0.5, 0.6) is 0 Å². The zero-order valence-corrected chi connectivity index (χ0v) is 13.2. The van der Waals surface area contributed by atoms with Crippen LogP contribution in [0.1, 0.15) is 72.1 Å². The van der Waals surface area contributed by atoms with E-state index in [9.17, 15) is 5.11 Å². The Kier molecular flexibility index (Phi) is 5.30. The molecule has 2 rings (SSSR count). The number of hydrogen-bond donors (Lipinski definition) is 1. The van der Waals surface area contributed by atoms with E-state index in [4.69, 9.17) is 0 Å². The number of aliphatic hydroxyl groups is 1. The summed E-state index contributed by atoms with van der Waals surface area (Å²) in [6.45, 7) is 9.45. The van der Waals surface area contributed by atoms with Crippen LogP contribution in [-0.4, -0.2) is 35.2 Å². The van der Waals surface area contributed by atoms with Gasteiger partial charge in [0, 0.05) is 6.04 Å². The fourth-order valence-electron chi connectivity index (χ4n) is 4.12. The van der Waals surface area contributed by atoms with E-state index in [1.165, 1.54) is 58.0 Å². The van der Waals surface area contributed by atoms with E-state index in [-0.39, 0.29) is 6.10 Å². The Morgan fingerprint density at radius 1 is 1.16 bits per heavy atom. The summed E-state index contributed by atoms with van der Waals surface area (Å²) in [5, 5.41) is 10.4. The van der Waals surface area contributed by atoms with Crippen LogP contribution in [0, 0.1) is 11.3 Å². The van der Waals surface area contributed by atoms with Crippen LogP contribution in [-0.2, 0) is 0 Å². The molecule has 1 N–H and O–H groups in total. The van der Waals surface area contributed by atoms with Crippen LogP contribution in [0.3, 0.4) is 0 Å². The lowest BCUT2D eigenvalue weighted by Crippen LogP contribution is -2.49. The van der Waals surface area contributed by atoms with Gasteiger partial charge in [0.2, 0.25) is 0 Å². The van der Waals surface area contributed by atoms with Crippen LogP contribution < -0.4 is 0 Å². The quantitative estimate of drug-likeness (QED) is 0.840. The van der Waals surface area contributed by atoms with Crippen molar-refractivity contribution in [3.8, 4) is 0 Å². The molecular weight excluding hydrogens is 234 g/mol. The molecule has 3 unspecified atom stereocenters. The van der Waals surface area contributed by atoms with Gasteiger partial charge in [-0.15, -0.1) is 0 Å². The third-order valence-corrected chi connectivity index (χ3v) is 5.37. The molecule has 0 amide bonds. The maximum absolute atomic E-state index is 10.4. The van der Waals surface area contributed by atoms with E-state index in [2.05, 4.69) is 25.7 Å². The smallest absolute Gasteiger partial charge is 0.0695 e. The first-order valence-corrected chi connectivity index (χ1v) is 8.44. The van der Waals surface area contributed by atoms with Gasteiger partial charge >= 0.3 is 0 Å². The van der Waals surface area contributed by atoms with Crippen LogP contribution in [0.2, 0.25) is 0 Å². The predicted molar refractivity (Wildman–Crippen MR) is 81.2 cm³/mol. The minimum atomic E-state index is -0.0873. The average molecular weight is 267 g/mol. The van der Waals surface area contributed by atoms with E-state index in [1.807, 2.05) is 0 Å². The first kappa shape index (κ1) is 15.3. The first-order chi connectivity index (χ1) is 9.02. The van der Waals surface area contributed by atoms with Gasteiger partial charge in [-0.25, -0.2) is 0 Å². The second kappa shape index (κ2) is 6.58. The maximum Gasteiger partial charge on any atom is 0.0695 e. The van der Waals surface area contributed by atoms with Crippen molar-refractivity contribution in [1.29, 1.82) is 0 Å². The zero-order valence-electron chi connectivity index (χ0n) is 13.2. The number of aliphatic hydroxyl groups excluding tert-OH is 1. The van der Waals surface area contributed by atoms with Gasteiger partial charge in [0.25, 0.3) is 0 Å². The number of rotatable bonds is 3. The highest BCUT2D eigenvalue weighted by Crippen LogP contribution is 2.38. The molecule has 19 heavy (non-hydrogen) atoms. The van der Waals surface area contributed by atoms with Crippen LogP contribution in [0.25, 0.3) is 0 Å². The lowest BCUT2D eigenvalue weighted by Gasteiger charge is -2.44. The van der Waals surface area contributed by atoms with Crippen LogP contribution in [0.4, 0.5) is 0 Å². The predicted octanol–water partition coefficient (Wildman–Crippen LogP) is 3.83. The molecular formula is C17H33NO. The second-order valence-electron chi connectivity index (χ2n) is 7.66. The van der Waals surface area contributed by atoms with Gasteiger partial charge in [-0.3, -0.25) is 4.90 Å². The summed E-state index contributed by atoms with van der Waals surface area (Å²) < 4.78 is 0. The topological polar surface area (TPSA) is 23.5 Å². The Hall–Kier alpha value is -0.0800. The SMILES string of the molecule is CCCC1CCCN(C2CC(C)(C)CCC2O)CC1. The van der Waals surface area contributed by atoms with Crippen LogP contribution in [0.15, 0.2) is 0 Å². The molecule has 0 aromatic heterocycles. The second-order valence-corrected chi connectivity index (χ2v) is 7.66. The molecule has 0 radical (unpaired) electrons. The van der Waals surface area contributed by atoms with Crippen molar-refractivity contribution in [2.24, 2.45) is 11.3 Å². The molecule has 0 aromatic rings. The summed E-state index contributed by atoms with van der Waals surface area (Å²) in [4.78, 5) is 2.61. The molecule has 1 aliphatic heterocycles. The Morgan fingerprint density at radius 2 is 1.95 bits per heavy atom. The Balaban J connectivity index is 1.93. The minimum absolute atomic E-state index is 0.0873. The van der Waals surface area contributed by atoms with Gasteiger partial charge in [-0.1, -0.05) is 33.6 Å². The normalized spacial score (nSPS) is 36.9. The summed E-state index contributed by atoms with van der Waals surface area (Å²) in [5.74, 6) is 0.934. The molecule has 1 saturated carbocycles. The van der Waals surface area contributed by atoms with Gasteiger partial charge in [0.05, 0.1) is 6.10 Å². The molecule has 1 aliphatic carbocycles. The number of likely N-dealkylation sites (tertiary alicyclic amines) is 1. The molecule has 0 aromatic carbocycles. The molecule has 2 heteroatoms. The van der Waals surface area contributed by atoms with E-state index in [0.29, 0.717) is 11.5 Å². The van der Waals surface area contributed by atoms with Crippen molar-refractivity contribution in [2.75, 3.05) is 13.1 Å². The highest BCUT2D eigenvalue weighted by molar-refractivity contribution is 4.91. The van der Waals surface area contributed by atoms with Gasteiger partial charge in [-0.05, 0) is 62.9 Å². The maximum atomic E-state index is 10.4. The molecule has 2 aliphatic rings. The van der Waals surface area contributed by atoms with E-state index >= 15 is 0 Å². The monoisotopic (exact) mass is 267 g/mol. The molecule has 2 fully saturated rings. The number of hydrogen-bond acceptors (Lipinski definition) is 2. The number of nitrogens with zero attached hydrogens (tertiary/aromatic N) is 1. The highest BCUT2D eigenvalue weighted by Gasteiger charge is 2.37.